The van der Waals surface area contributed by atoms with E-state index in [-0.39, 0.29) is 0 Å². The lowest BCUT2D eigenvalue weighted by Crippen LogP contribution is -2.00. The Kier molecular flexibility index (Phi) is 4.22. The Morgan fingerprint density at radius 1 is 1.50 bits per heavy atom. The van der Waals surface area contributed by atoms with Crippen LogP contribution in [0.15, 0.2) is 17.1 Å². The number of nitrogens with zero attached hydrogens (tertiary/aromatic N) is 1. The first-order chi connectivity index (χ1) is 7.58. The quantitative estimate of drug-likeness (QED) is 0.489. The summed E-state index contributed by atoms with van der Waals surface area (Å²) in [4.78, 5) is 3.01. The summed E-state index contributed by atoms with van der Waals surface area (Å²) >= 11 is 0. The lowest BCUT2D eigenvalue weighted by Gasteiger charge is -2.09. The maximum Gasteiger partial charge on any atom is 0.331 e. The summed E-state index contributed by atoms with van der Waals surface area (Å²) in [5.74, 6) is 0.482. The predicted octanol–water partition coefficient (Wildman–Crippen LogP) is 2.48. The largest absolute Gasteiger partial charge is 0.495 e. The molecule has 2 N–H and O–H groups in total. The fourth-order valence-corrected chi connectivity index (χ4v) is 1.32. The van der Waals surface area contributed by atoms with Gasteiger partial charge in [0.25, 0.3) is 0 Å². The van der Waals surface area contributed by atoms with Crippen molar-refractivity contribution in [1.29, 1.82) is 0 Å². The first kappa shape index (κ1) is 12.4. The number of hydrogen-bond donors (Lipinski definition) is 1. The fraction of sp³-hybridized carbons (Fsp3) is 0.364. The Labute approximate surface area is 92.9 Å². The van der Waals surface area contributed by atoms with E-state index < -0.39 is 6.55 Å². The molecule has 3 nitrogen and oxygen atoms in total. The third-order valence-electron chi connectivity index (χ3n) is 2.19. The van der Waals surface area contributed by atoms with Crippen molar-refractivity contribution in [3.8, 4) is 5.75 Å². The number of aliphatic imine (C=N–C) groups is 1. The van der Waals surface area contributed by atoms with Crippen molar-refractivity contribution in [1.82, 2.24) is 0 Å². The molecule has 0 bridgehead atoms. The van der Waals surface area contributed by atoms with Crippen LogP contribution in [0.3, 0.4) is 0 Å². The zero-order valence-corrected chi connectivity index (χ0v) is 9.21. The third-order valence-corrected chi connectivity index (χ3v) is 2.19. The Bertz CT molecular complexity index is 392. The van der Waals surface area contributed by atoms with Crippen LogP contribution in [0.25, 0.3) is 0 Å². The number of nitrogens with two attached hydrogens (primary N) is 1. The van der Waals surface area contributed by atoms with Crippen LogP contribution < -0.4 is 10.5 Å². The van der Waals surface area contributed by atoms with Crippen LogP contribution in [-0.4, -0.2) is 19.9 Å². The molecule has 1 aromatic rings. The molecule has 0 amide bonds. The van der Waals surface area contributed by atoms with E-state index in [1.54, 1.807) is 12.1 Å². The van der Waals surface area contributed by atoms with E-state index in [1.165, 1.54) is 7.11 Å². The minimum Gasteiger partial charge on any atom is -0.495 e. The van der Waals surface area contributed by atoms with Gasteiger partial charge in [0.1, 0.15) is 5.75 Å². The molecule has 0 saturated carbocycles. The molecule has 0 saturated heterocycles. The molecule has 5 heteroatoms. The topological polar surface area (TPSA) is 47.6 Å². The second-order valence-corrected chi connectivity index (χ2v) is 3.21. The van der Waals surface area contributed by atoms with E-state index in [2.05, 4.69) is 4.99 Å². The molecule has 0 atom stereocenters. The summed E-state index contributed by atoms with van der Waals surface area (Å²) in [6, 6.07) is 3.51. The minimum atomic E-state index is -2.73. The first-order valence-electron chi connectivity index (χ1n) is 4.86. The number of hydrogen-bond acceptors (Lipinski definition) is 3. The normalized spacial score (nSPS) is 11.3. The van der Waals surface area contributed by atoms with Gasteiger partial charge in [-0.05, 0) is 24.1 Å². The number of ether oxygens (including phenoxy) is 1. The Hall–Kier alpha value is -1.65. The van der Waals surface area contributed by atoms with Crippen molar-refractivity contribution in [2.75, 3.05) is 12.8 Å². The SMILES string of the molecule is CCc1cc(/C=N/C(F)F)c(N)c(OC)c1. The molecule has 1 rings (SSSR count). The highest BCUT2D eigenvalue weighted by molar-refractivity contribution is 5.89. The summed E-state index contributed by atoms with van der Waals surface area (Å²) in [5, 5.41) is 0. The molecule has 0 aliphatic rings. The average molecular weight is 228 g/mol. The van der Waals surface area contributed by atoms with Crippen LogP contribution in [-0.2, 0) is 6.42 Å². The monoisotopic (exact) mass is 228 g/mol. The highest BCUT2D eigenvalue weighted by atomic mass is 19.3. The highest BCUT2D eigenvalue weighted by Crippen LogP contribution is 2.26. The Balaban J connectivity index is 3.15. The van der Waals surface area contributed by atoms with Gasteiger partial charge >= 0.3 is 6.55 Å². The zero-order valence-electron chi connectivity index (χ0n) is 9.21. The van der Waals surface area contributed by atoms with Gasteiger partial charge in [0.05, 0.1) is 12.8 Å². The highest BCUT2D eigenvalue weighted by Gasteiger charge is 2.07. The van der Waals surface area contributed by atoms with E-state index in [1.807, 2.05) is 6.92 Å². The van der Waals surface area contributed by atoms with Crippen LogP contribution >= 0.6 is 0 Å². The van der Waals surface area contributed by atoms with Crippen molar-refractivity contribution in [2.45, 2.75) is 19.9 Å². The maximum absolute atomic E-state index is 11.9. The number of methoxy groups -OCH3 is 1. The molecule has 0 aromatic heterocycles. The Morgan fingerprint density at radius 2 is 2.19 bits per heavy atom. The predicted molar refractivity (Wildman–Crippen MR) is 60.4 cm³/mol. The van der Waals surface area contributed by atoms with Crippen LogP contribution in [0.1, 0.15) is 18.1 Å². The Morgan fingerprint density at radius 3 is 2.69 bits per heavy atom. The van der Waals surface area contributed by atoms with E-state index in [4.69, 9.17) is 10.5 Å². The third kappa shape index (κ3) is 2.92. The average Bonchev–Trinajstić information content (AvgIpc) is 2.27. The summed E-state index contributed by atoms with van der Waals surface area (Å²) in [6.45, 7) is -0.769. The lowest BCUT2D eigenvalue weighted by atomic mass is 10.1. The summed E-state index contributed by atoms with van der Waals surface area (Å²) in [6.07, 6.45) is 1.84. The van der Waals surface area contributed by atoms with Crippen molar-refractivity contribution in [3.63, 3.8) is 0 Å². The number of halogens is 2. The molecule has 0 spiro atoms. The van der Waals surface area contributed by atoms with E-state index in [0.717, 1.165) is 18.2 Å². The molecular formula is C11H14F2N2O. The summed E-state index contributed by atoms with van der Waals surface area (Å²) in [7, 11) is 1.49. The molecule has 88 valence electrons. The maximum atomic E-state index is 11.9. The molecule has 0 aliphatic heterocycles. The first-order valence-corrected chi connectivity index (χ1v) is 4.86. The van der Waals surface area contributed by atoms with E-state index in [9.17, 15) is 8.78 Å². The second kappa shape index (κ2) is 5.44. The number of benzene rings is 1. The minimum absolute atomic E-state index is 0.323. The fourth-order valence-electron chi connectivity index (χ4n) is 1.32. The van der Waals surface area contributed by atoms with Crippen molar-refractivity contribution < 1.29 is 13.5 Å². The summed E-state index contributed by atoms with van der Waals surface area (Å²) < 4.78 is 29.0. The van der Waals surface area contributed by atoms with E-state index >= 15 is 0 Å². The smallest absolute Gasteiger partial charge is 0.331 e. The van der Waals surface area contributed by atoms with Gasteiger partial charge in [-0.2, -0.15) is 8.78 Å². The van der Waals surface area contributed by atoms with Gasteiger partial charge in [-0.15, -0.1) is 0 Å². The van der Waals surface area contributed by atoms with Crippen molar-refractivity contribution in [3.05, 3.63) is 23.3 Å². The number of rotatable bonds is 4. The standard InChI is InChI=1S/C11H14F2N2O/c1-3-7-4-8(6-15-11(12)13)10(14)9(5-7)16-2/h4-6,11H,3,14H2,1-2H3/b15-6+. The number of anilines is 1. The second-order valence-electron chi connectivity index (χ2n) is 3.21. The molecule has 0 unspecified atom stereocenters. The molecule has 0 heterocycles. The molecule has 16 heavy (non-hydrogen) atoms. The van der Waals surface area contributed by atoms with Gasteiger partial charge < -0.3 is 10.5 Å². The lowest BCUT2D eigenvalue weighted by molar-refractivity contribution is 0.161. The van der Waals surface area contributed by atoms with Gasteiger partial charge in [-0.1, -0.05) is 6.92 Å². The van der Waals surface area contributed by atoms with Gasteiger partial charge in [0, 0.05) is 11.8 Å². The molecule has 1 aromatic carbocycles. The zero-order chi connectivity index (χ0) is 12.1. The van der Waals surface area contributed by atoms with Crippen molar-refractivity contribution >= 4 is 11.9 Å². The number of aryl methyl sites for hydroxylation is 1. The van der Waals surface area contributed by atoms with Crippen LogP contribution in [0.4, 0.5) is 14.5 Å². The number of alkyl halides is 2. The van der Waals surface area contributed by atoms with Crippen LogP contribution in [0, 0.1) is 0 Å². The molecule has 0 radical (unpaired) electrons. The molecular weight excluding hydrogens is 214 g/mol. The van der Waals surface area contributed by atoms with Gasteiger partial charge in [0.15, 0.2) is 0 Å². The molecule has 0 fully saturated rings. The summed E-state index contributed by atoms with van der Waals surface area (Å²) in [5.41, 5.74) is 7.48. The van der Waals surface area contributed by atoms with Crippen LogP contribution in [0.5, 0.6) is 5.75 Å². The van der Waals surface area contributed by atoms with E-state index in [0.29, 0.717) is 17.0 Å². The van der Waals surface area contributed by atoms with Crippen molar-refractivity contribution in [2.24, 2.45) is 4.99 Å². The van der Waals surface area contributed by atoms with Crippen LogP contribution in [0.2, 0.25) is 0 Å². The van der Waals surface area contributed by atoms with Gasteiger partial charge in [-0.3, -0.25) is 0 Å². The van der Waals surface area contributed by atoms with Gasteiger partial charge in [-0.25, -0.2) is 4.99 Å². The molecule has 0 aliphatic carbocycles. The number of nitrogen functional groups attached to an aromatic ring is 1. The van der Waals surface area contributed by atoms with Gasteiger partial charge in [0.2, 0.25) is 0 Å².